The van der Waals surface area contributed by atoms with Gasteiger partial charge in [-0.3, -0.25) is 14.4 Å². The molecule has 2 amide bonds. The second kappa shape index (κ2) is 12.2. The number of hydrogen-bond donors (Lipinski definition) is 0. The molecule has 0 aliphatic carbocycles. The molecule has 4 rings (SSSR count). The molecular formula is C28H27BrN2O8S. The number of methoxy groups -OCH3 is 2. The van der Waals surface area contributed by atoms with E-state index in [-0.39, 0.29) is 35.7 Å². The van der Waals surface area contributed by atoms with Crippen molar-refractivity contribution in [1.29, 1.82) is 0 Å². The molecule has 1 heterocycles. The molecule has 1 unspecified atom stereocenters. The highest BCUT2D eigenvalue weighted by Crippen LogP contribution is 2.32. The van der Waals surface area contributed by atoms with Gasteiger partial charge < -0.3 is 14.2 Å². The second-order valence-electron chi connectivity index (χ2n) is 8.88. The average Bonchev–Trinajstić information content (AvgIpc) is 3.22. The molecule has 1 aliphatic rings. The first kappa shape index (κ1) is 29.2. The molecule has 0 N–H and O–H groups in total. The number of carbonyl (C=O) groups is 3. The van der Waals surface area contributed by atoms with Crippen molar-refractivity contribution in [3.63, 3.8) is 0 Å². The minimum atomic E-state index is -4.18. The summed E-state index contributed by atoms with van der Waals surface area (Å²) in [5.41, 5.74) is 0.998. The summed E-state index contributed by atoms with van der Waals surface area (Å²) in [5, 5.41) is 0. The molecule has 0 radical (unpaired) electrons. The summed E-state index contributed by atoms with van der Waals surface area (Å²) >= 11 is 3.31. The van der Waals surface area contributed by atoms with E-state index >= 15 is 0 Å². The van der Waals surface area contributed by atoms with Crippen LogP contribution < -0.4 is 19.1 Å². The fraction of sp³-hybridized carbons (Fsp3) is 0.250. The molecule has 0 spiro atoms. The minimum Gasteiger partial charge on any atom is -0.493 e. The predicted octanol–water partition coefficient (Wildman–Crippen LogP) is 3.96. The third-order valence-corrected chi connectivity index (χ3v) is 8.77. The molecule has 0 saturated carbocycles. The van der Waals surface area contributed by atoms with Crippen LogP contribution in [0.25, 0.3) is 0 Å². The van der Waals surface area contributed by atoms with Crippen LogP contribution in [0.2, 0.25) is 0 Å². The molecular weight excluding hydrogens is 604 g/mol. The van der Waals surface area contributed by atoms with Crippen LogP contribution in [0.15, 0.2) is 76.1 Å². The van der Waals surface area contributed by atoms with Crippen LogP contribution in [0, 0.1) is 0 Å². The zero-order chi connectivity index (χ0) is 29.0. The SMILES string of the molecule is COc1ccc(CCN(C2CC(=O)N(c3ccc(OC(C)=O)cc3)C2=O)S(=O)(=O)c2ccc(Br)cc2)cc1OC. The third-order valence-electron chi connectivity index (χ3n) is 6.32. The largest absolute Gasteiger partial charge is 0.493 e. The number of nitrogens with zero attached hydrogens (tertiary/aromatic N) is 2. The maximum Gasteiger partial charge on any atom is 0.308 e. The second-order valence-corrected chi connectivity index (χ2v) is 11.7. The summed E-state index contributed by atoms with van der Waals surface area (Å²) in [6.07, 6.45) is -0.0859. The summed E-state index contributed by atoms with van der Waals surface area (Å²) in [7, 11) is -1.16. The van der Waals surface area contributed by atoms with Crippen molar-refractivity contribution in [3.8, 4) is 17.2 Å². The van der Waals surface area contributed by atoms with E-state index in [2.05, 4.69) is 15.9 Å². The lowest BCUT2D eigenvalue weighted by atomic mass is 10.1. The fourth-order valence-corrected chi connectivity index (χ4v) is 6.25. The highest BCUT2D eigenvalue weighted by atomic mass is 79.9. The molecule has 3 aromatic carbocycles. The molecule has 0 aromatic heterocycles. The molecule has 1 fully saturated rings. The Morgan fingerprint density at radius 2 is 1.62 bits per heavy atom. The Bertz CT molecular complexity index is 1520. The first-order chi connectivity index (χ1) is 19.0. The number of ether oxygens (including phenoxy) is 3. The molecule has 1 saturated heterocycles. The van der Waals surface area contributed by atoms with Gasteiger partial charge in [0.2, 0.25) is 15.9 Å². The number of esters is 1. The summed E-state index contributed by atoms with van der Waals surface area (Å²) in [4.78, 5) is 38.9. The smallest absolute Gasteiger partial charge is 0.308 e. The molecule has 1 aliphatic heterocycles. The summed E-state index contributed by atoms with van der Waals surface area (Å²) in [5.74, 6) is -0.461. The number of benzene rings is 3. The van der Waals surface area contributed by atoms with Gasteiger partial charge in [0.25, 0.3) is 5.91 Å². The van der Waals surface area contributed by atoms with E-state index in [1.54, 1.807) is 30.3 Å². The molecule has 40 heavy (non-hydrogen) atoms. The standard InChI is InChI=1S/C28H27BrN2O8S/c1-18(32)39-22-9-7-21(8-10-22)31-27(33)17-24(28(31)34)30(40(35,36)23-11-5-20(29)6-12-23)15-14-19-4-13-25(37-2)26(16-19)38-3/h4-13,16,24H,14-15,17H2,1-3H3. The number of carbonyl (C=O) groups excluding carboxylic acids is 3. The van der Waals surface area contributed by atoms with Crippen molar-refractivity contribution in [2.75, 3.05) is 25.7 Å². The summed E-state index contributed by atoms with van der Waals surface area (Å²) in [6, 6.07) is 15.9. The highest BCUT2D eigenvalue weighted by molar-refractivity contribution is 9.10. The number of amides is 2. The monoisotopic (exact) mass is 630 g/mol. The van der Waals surface area contributed by atoms with Gasteiger partial charge in [-0.15, -0.1) is 0 Å². The number of rotatable bonds is 10. The Morgan fingerprint density at radius 1 is 0.975 bits per heavy atom. The van der Waals surface area contributed by atoms with E-state index in [0.29, 0.717) is 16.0 Å². The minimum absolute atomic E-state index is 0.00700. The van der Waals surface area contributed by atoms with Crippen LogP contribution in [0.4, 0.5) is 5.69 Å². The lowest BCUT2D eigenvalue weighted by Crippen LogP contribution is -2.46. The quantitative estimate of drug-likeness (QED) is 0.188. The van der Waals surface area contributed by atoms with Gasteiger partial charge in [-0.2, -0.15) is 4.31 Å². The molecule has 0 bridgehead atoms. The van der Waals surface area contributed by atoms with Gasteiger partial charge in [0.05, 0.1) is 31.2 Å². The average molecular weight is 632 g/mol. The molecule has 1 atom stereocenters. The number of imide groups is 1. The van der Waals surface area contributed by atoms with Crippen LogP contribution in [-0.4, -0.2) is 57.3 Å². The summed E-state index contributed by atoms with van der Waals surface area (Å²) < 4.78 is 45.1. The van der Waals surface area contributed by atoms with E-state index < -0.39 is 33.8 Å². The van der Waals surface area contributed by atoms with Crippen LogP contribution >= 0.6 is 15.9 Å². The van der Waals surface area contributed by atoms with Gasteiger partial charge in [0, 0.05) is 17.9 Å². The predicted molar refractivity (Wildman–Crippen MR) is 150 cm³/mol. The van der Waals surface area contributed by atoms with E-state index in [0.717, 1.165) is 14.8 Å². The highest BCUT2D eigenvalue weighted by Gasteiger charge is 2.46. The Morgan fingerprint density at radius 3 is 2.23 bits per heavy atom. The Hall–Kier alpha value is -3.74. The van der Waals surface area contributed by atoms with Gasteiger partial charge in [-0.25, -0.2) is 13.3 Å². The molecule has 10 nitrogen and oxygen atoms in total. The summed E-state index contributed by atoms with van der Waals surface area (Å²) in [6.45, 7) is 1.19. The number of hydrogen-bond acceptors (Lipinski definition) is 8. The molecule has 3 aromatic rings. The number of halogens is 1. The first-order valence-electron chi connectivity index (χ1n) is 12.2. The van der Waals surface area contributed by atoms with Gasteiger partial charge in [0.1, 0.15) is 11.8 Å². The van der Waals surface area contributed by atoms with Crippen molar-refractivity contribution in [3.05, 3.63) is 76.8 Å². The van der Waals surface area contributed by atoms with Gasteiger partial charge in [0.15, 0.2) is 11.5 Å². The Kier molecular flexibility index (Phi) is 8.92. The lowest BCUT2D eigenvalue weighted by Gasteiger charge is -2.27. The third kappa shape index (κ3) is 6.19. The maximum atomic E-state index is 13.9. The van der Waals surface area contributed by atoms with Crippen LogP contribution in [0.3, 0.4) is 0 Å². The zero-order valence-corrected chi connectivity index (χ0v) is 24.4. The number of anilines is 1. The Balaban J connectivity index is 1.66. The van der Waals surface area contributed by atoms with Crippen molar-refractivity contribution in [2.24, 2.45) is 0 Å². The fourth-order valence-electron chi connectivity index (χ4n) is 4.40. The van der Waals surface area contributed by atoms with E-state index in [9.17, 15) is 22.8 Å². The zero-order valence-electron chi connectivity index (χ0n) is 22.0. The van der Waals surface area contributed by atoms with Crippen molar-refractivity contribution in [1.82, 2.24) is 4.31 Å². The maximum absolute atomic E-state index is 13.9. The lowest BCUT2D eigenvalue weighted by molar-refractivity contribution is -0.132. The van der Waals surface area contributed by atoms with Gasteiger partial charge in [-0.05, 0) is 72.6 Å². The van der Waals surface area contributed by atoms with E-state index in [1.807, 2.05) is 0 Å². The van der Waals surface area contributed by atoms with Gasteiger partial charge >= 0.3 is 5.97 Å². The Labute approximate surface area is 240 Å². The van der Waals surface area contributed by atoms with Crippen LogP contribution in [-0.2, 0) is 30.8 Å². The van der Waals surface area contributed by atoms with Crippen molar-refractivity contribution >= 4 is 49.4 Å². The van der Waals surface area contributed by atoms with E-state index in [4.69, 9.17) is 14.2 Å². The molecule has 210 valence electrons. The van der Waals surface area contributed by atoms with Crippen molar-refractivity contribution < 1.29 is 37.0 Å². The van der Waals surface area contributed by atoms with Crippen LogP contribution in [0.5, 0.6) is 17.2 Å². The van der Waals surface area contributed by atoms with Crippen molar-refractivity contribution in [2.45, 2.75) is 30.7 Å². The normalized spacial score (nSPS) is 15.4. The first-order valence-corrected chi connectivity index (χ1v) is 14.4. The van der Waals surface area contributed by atoms with Gasteiger partial charge in [-0.1, -0.05) is 22.0 Å². The molecule has 12 heteroatoms. The number of sulfonamides is 1. The van der Waals surface area contributed by atoms with E-state index in [1.165, 1.54) is 57.5 Å². The van der Waals surface area contributed by atoms with Crippen LogP contribution in [0.1, 0.15) is 18.9 Å². The topological polar surface area (TPSA) is 120 Å².